The van der Waals surface area contributed by atoms with Crippen LogP contribution < -0.4 is 4.90 Å². The van der Waals surface area contributed by atoms with Crippen molar-refractivity contribution in [3.63, 3.8) is 0 Å². The zero-order valence-corrected chi connectivity index (χ0v) is 14.0. The third-order valence-electron chi connectivity index (χ3n) is 6.40. The molecule has 1 aliphatic heterocycles. The van der Waals surface area contributed by atoms with Crippen molar-refractivity contribution in [1.29, 1.82) is 0 Å². The molecule has 0 aromatic rings. The summed E-state index contributed by atoms with van der Waals surface area (Å²) in [6.45, 7) is 3.10. The van der Waals surface area contributed by atoms with E-state index in [1.807, 2.05) is 0 Å². The average molecular weight is 310 g/mol. The summed E-state index contributed by atoms with van der Waals surface area (Å²) in [5.41, 5.74) is 0. The largest absolute Gasteiger partial charge is 0.334 e. The highest BCUT2D eigenvalue weighted by molar-refractivity contribution is 5.83. The van der Waals surface area contributed by atoms with Crippen LogP contribution in [-0.2, 0) is 4.79 Å². The zero-order valence-electron chi connectivity index (χ0n) is 14.0. The molecule has 22 heavy (non-hydrogen) atoms. The molecule has 0 radical (unpaired) electrons. The molecule has 2 nitrogen and oxygen atoms in total. The highest BCUT2D eigenvalue weighted by Crippen LogP contribution is 2.29. The van der Waals surface area contributed by atoms with E-state index in [4.69, 9.17) is 0 Å². The van der Waals surface area contributed by atoms with Gasteiger partial charge in [0, 0.05) is 11.8 Å². The van der Waals surface area contributed by atoms with Crippen LogP contribution in [0.3, 0.4) is 0 Å². The Labute approximate surface area is 134 Å². The van der Waals surface area contributed by atoms with Gasteiger partial charge in [-0.2, -0.15) is 0 Å². The topological polar surface area (TPSA) is 21.5 Å². The minimum Gasteiger partial charge on any atom is -0.334 e. The Bertz CT molecular complexity index is 366. The van der Waals surface area contributed by atoms with Gasteiger partial charge in [-0.25, -0.2) is 4.39 Å². The number of rotatable bonds is 4. The van der Waals surface area contributed by atoms with Crippen molar-refractivity contribution >= 4 is 5.78 Å². The van der Waals surface area contributed by atoms with Gasteiger partial charge >= 0.3 is 0 Å². The minimum atomic E-state index is -0.587. The molecule has 4 atom stereocenters. The monoisotopic (exact) mass is 310 g/mol. The Hall–Kier alpha value is -0.440. The molecule has 0 spiro atoms. The summed E-state index contributed by atoms with van der Waals surface area (Å²) in [6, 6.07) is 0. The van der Waals surface area contributed by atoms with Crippen LogP contribution in [-0.4, -0.2) is 31.6 Å². The quantitative estimate of drug-likeness (QED) is 0.847. The lowest BCUT2D eigenvalue weighted by Gasteiger charge is -2.35. The van der Waals surface area contributed by atoms with E-state index in [2.05, 4.69) is 0 Å². The Morgan fingerprint density at radius 1 is 0.864 bits per heavy atom. The summed E-state index contributed by atoms with van der Waals surface area (Å²) < 4.78 is 14.1. The lowest BCUT2D eigenvalue weighted by Crippen LogP contribution is -3.14. The van der Waals surface area contributed by atoms with Crippen LogP contribution in [0.15, 0.2) is 0 Å². The Balaban J connectivity index is 1.51. The molecule has 3 fully saturated rings. The van der Waals surface area contributed by atoms with Gasteiger partial charge in [0.15, 0.2) is 0 Å². The van der Waals surface area contributed by atoms with Gasteiger partial charge in [-0.3, -0.25) is 4.79 Å². The molecule has 2 aliphatic carbocycles. The van der Waals surface area contributed by atoms with Crippen LogP contribution in [0.5, 0.6) is 0 Å². The number of hydrogen-bond acceptors (Lipinski definition) is 1. The van der Waals surface area contributed by atoms with E-state index in [1.165, 1.54) is 30.6 Å². The molecule has 0 bridgehead atoms. The number of nitrogens with one attached hydrogen (secondary N) is 1. The van der Waals surface area contributed by atoms with Crippen molar-refractivity contribution in [1.82, 2.24) is 0 Å². The fourth-order valence-corrected chi connectivity index (χ4v) is 5.06. The summed E-state index contributed by atoms with van der Waals surface area (Å²) in [7, 11) is 0. The van der Waals surface area contributed by atoms with Crippen molar-refractivity contribution in [3.05, 3.63) is 0 Å². The molecular formula is C19H33FNO+. The fraction of sp³-hybridized carbons (Fsp3) is 0.947. The van der Waals surface area contributed by atoms with Crippen molar-refractivity contribution in [3.8, 4) is 0 Å². The van der Waals surface area contributed by atoms with Crippen LogP contribution in [0.4, 0.5) is 4.39 Å². The second kappa shape index (κ2) is 7.90. The number of ketones is 1. The number of piperidine rings is 1. The molecule has 0 aromatic heterocycles. The number of alkyl halides is 1. The van der Waals surface area contributed by atoms with Crippen molar-refractivity contribution in [2.75, 3.05) is 19.6 Å². The summed E-state index contributed by atoms with van der Waals surface area (Å²) in [5.74, 6) is 1.43. The molecule has 126 valence electrons. The molecule has 2 saturated carbocycles. The maximum absolute atomic E-state index is 14.1. The molecule has 1 N–H and O–H groups in total. The number of Topliss-reactive ketones (excluding diaryl/α,β-unsaturated/α-hetero) is 1. The number of halogens is 1. The summed E-state index contributed by atoms with van der Waals surface area (Å²) in [5, 5.41) is 0. The third-order valence-corrected chi connectivity index (χ3v) is 6.40. The van der Waals surface area contributed by atoms with Gasteiger partial charge in [0.1, 0.15) is 12.0 Å². The predicted molar refractivity (Wildman–Crippen MR) is 86.7 cm³/mol. The summed E-state index contributed by atoms with van der Waals surface area (Å²) in [4.78, 5) is 14.3. The molecule has 0 aromatic carbocycles. The highest BCUT2D eigenvalue weighted by Gasteiger charge is 2.35. The average Bonchev–Trinajstić information content (AvgIpc) is 2.57. The van der Waals surface area contributed by atoms with E-state index in [-0.39, 0.29) is 11.8 Å². The van der Waals surface area contributed by atoms with Crippen LogP contribution in [0, 0.1) is 17.8 Å². The van der Waals surface area contributed by atoms with Gasteiger partial charge in [0.05, 0.1) is 25.6 Å². The lowest BCUT2D eigenvalue weighted by molar-refractivity contribution is -0.911. The maximum Gasteiger partial charge on any atom is 0.144 e. The first-order valence-corrected chi connectivity index (χ1v) is 9.75. The first kappa shape index (κ1) is 16.4. The number of likely N-dealkylation sites (tertiary alicyclic amines) is 1. The Kier molecular flexibility index (Phi) is 5.89. The van der Waals surface area contributed by atoms with Gasteiger partial charge in [-0.05, 0) is 38.5 Å². The zero-order chi connectivity index (χ0) is 15.4. The van der Waals surface area contributed by atoms with Crippen LogP contribution in [0.2, 0.25) is 0 Å². The second-order valence-corrected chi connectivity index (χ2v) is 8.05. The van der Waals surface area contributed by atoms with Gasteiger partial charge in [0.2, 0.25) is 0 Å². The van der Waals surface area contributed by atoms with Gasteiger partial charge in [-0.15, -0.1) is 0 Å². The van der Waals surface area contributed by atoms with Gasteiger partial charge < -0.3 is 4.90 Å². The maximum atomic E-state index is 14.1. The molecular weight excluding hydrogens is 277 g/mol. The number of hydrogen-bond donors (Lipinski definition) is 1. The van der Waals surface area contributed by atoms with E-state index in [1.54, 1.807) is 0 Å². The van der Waals surface area contributed by atoms with E-state index in [0.717, 1.165) is 64.6 Å². The third kappa shape index (κ3) is 4.10. The Morgan fingerprint density at radius 3 is 2.32 bits per heavy atom. The van der Waals surface area contributed by atoms with Gasteiger partial charge in [0.25, 0.3) is 0 Å². The smallest absolute Gasteiger partial charge is 0.144 e. The Morgan fingerprint density at radius 2 is 1.55 bits per heavy atom. The van der Waals surface area contributed by atoms with E-state index >= 15 is 0 Å². The van der Waals surface area contributed by atoms with Crippen molar-refractivity contribution < 1.29 is 14.1 Å². The first-order chi connectivity index (χ1) is 10.7. The highest BCUT2D eigenvalue weighted by atomic mass is 19.1. The van der Waals surface area contributed by atoms with Crippen molar-refractivity contribution in [2.45, 2.75) is 76.8 Å². The minimum absolute atomic E-state index is 0.257. The molecule has 0 amide bonds. The molecule has 4 unspecified atom stereocenters. The van der Waals surface area contributed by atoms with Gasteiger partial charge in [-0.1, -0.05) is 32.1 Å². The lowest BCUT2D eigenvalue weighted by atomic mass is 9.79. The van der Waals surface area contributed by atoms with Crippen LogP contribution in [0.1, 0.15) is 70.6 Å². The fourth-order valence-electron chi connectivity index (χ4n) is 5.06. The first-order valence-electron chi connectivity index (χ1n) is 9.75. The van der Waals surface area contributed by atoms with E-state index < -0.39 is 6.17 Å². The standard InChI is InChI=1S/C19H32FNO/c20-18-11-5-4-9-16(18)13-21-12-6-10-17(14-21)19(22)15-7-2-1-3-8-15/h15-18H,1-14H2/p+1. The van der Waals surface area contributed by atoms with E-state index in [0.29, 0.717) is 11.7 Å². The molecule has 3 aliphatic rings. The predicted octanol–water partition coefficient (Wildman–Crippen LogP) is 2.96. The number of carbonyl (C=O) groups is 1. The molecule has 3 rings (SSSR count). The summed E-state index contributed by atoms with van der Waals surface area (Å²) >= 11 is 0. The molecule has 1 heterocycles. The molecule has 1 saturated heterocycles. The van der Waals surface area contributed by atoms with Crippen LogP contribution >= 0.6 is 0 Å². The van der Waals surface area contributed by atoms with Crippen molar-refractivity contribution in [2.24, 2.45) is 17.8 Å². The second-order valence-electron chi connectivity index (χ2n) is 8.05. The molecule has 3 heteroatoms. The summed E-state index contributed by atoms with van der Waals surface area (Å²) in [6.07, 6.45) is 11.8. The number of quaternary nitrogens is 1. The SMILES string of the molecule is O=C(C1CCCCC1)C1CCC[NH+](CC2CCCCC2F)C1. The number of carbonyl (C=O) groups excluding carboxylic acids is 1. The van der Waals surface area contributed by atoms with E-state index in [9.17, 15) is 9.18 Å². The normalized spacial score (nSPS) is 37.9. The van der Waals surface area contributed by atoms with Crippen LogP contribution in [0.25, 0.3) is 0 Å².